The summed E-state index contributed by atoms with van der Waals surface area (Å²) in [4.78, 5) is 24.6. The number of alkyl carbamates (subject to hydrolysis) is 1. The van der Waals surface area contributed by atoms with Crippen LogP contribution >= 0.6 is 0 Å². The van der Waals surface area contributed by atoms with Gasteiger partial charge in [0.25, 0.3) is 0 Å². The van der Waals surface area contributed by atoms with Crippen LogP contribution < -0.4 is 10.6 Å². The van der Waals surface area contributed by atoms with Gasteiger partial charge in [-0.2, -0.15) is 0 Å². The summed E-state index contributed by atoms with van der Waals surface area (Å²) in [6.07, 6.45) is 0.951. The van der Waals surface area contributed by atoms with Crippen molar-refractivity contribution in [1.29, 1.82) is 0 Å². The van der Waals surface area contributed by atoms with Crippen LogP contribution in [0.2, 0.25) is 0 Å². The van der Waals surface area contributed by atoms with Crippen molar-refractivity contribution in [3.8, 4) is 11.1 Å². The smallest absolute Gasteiger partial charge is 0.407 e. The molecule has 1 aliphatic rings. The van der Waals surface area contributed by atoms with Gasteiger partial charge >= 0.3 is 12.1 Å². The molecule has 2 aromatic rings. The number of nitrogens with one attached hydrogen (secondary N) is 2. The second kappa shape index (κ2) is 16.1. The minimum Gasteiger partial charge on any atom is -0.461 e. The zero-order chi connectivity index (χ0) is 28.8. The Morgan fingerprint density at radius 1 is 0.925 bits per heavy atom. The van der Waals surface area contributed by atoms with Gasteiger partial charge in [0.05, 0.1) is 51.2 Å². The van der Waals surface area contributed by atoms with Crippen molar-refractivity contribution in [2.75, 3.05) is 59.3 Å². The fourth-order valence-electron chi connectivity index (χ4n) is 4.36. The molecule has 9 nitrogen and oxygen atoms in total. The molecule has 0 heterocycles. The number of carbonyl (C=O) groups excluding carboxylic acids is 2. The van der Waals surface area contributed by atoms with E-state index in [4.69, 9.17) is 23.7 Å². The van der Waals surface area contributed by atoms with Crippen molar-refractivity contribution in [3.05, 3.63) is 72.3 Å². The molecule has 0 saturated carbocycles. The van der Waals surface area contributed by atoms with Gasteiger partial charge in [-0.25, -0.2) is 4.79 Å². The number of fused-ring (bicyclic) bond motifs is 3. The van der Waals surface area contributed by atoms with Gasteiger partial charge in [0, 0.05) is 12.5 Å². The predicted octanol–water partition coefficient (Wildman–Crippen LogP) is 4.06. The summed E-state index contributed by atoms with van der Waals surface area (Å²) >= 11 is 0. The maximum absolute atomic E-state index is 12.8. The van der Waals surface area contributed by atoms with Crippen LogP contribution in [-0.4, -0.2) is 83.0 Å². The number of esters is 1. The SMILES string of the molecule is C=CCOC(=O)CNC[C@H](COCCOCCOC(C)(C)C)NC(=O)OCC1c2ccccc2-c2ccccc21. The van der Waals surface area contributed by atoms with Gasteiger partial charge in [0.15, 0.2) is 0 Å². The molecule has 0 spiro atoms. The number of ether oxygens (including phenoxy) is 5. The fourth-order valence-corrected chi connectivity index (χ4v) is 4.36. The molecule has 1 aliphatic carbocycles. The normalized spacial score (nSPS) is 13.3. The number of benzene rings is 2. The van der Waals surface area contributed by atoms with E-state index in [0.717, 1.165) is 22.3 Å². The van der Waals surface area contributed by atoms with Crippen molar-refractivity contribution in [2.45, 2.75) is 38.3 Å². The molecular weight excluding hydrogens is 512 g/mol. The van der Waals surface area contributed by atoms with Crippen LogP contribution in [0, 0.1) is 0 Å². The Morgan fingerprint density at radius 3 is 2.20 bits per heavy atom. The summed E-state index contributed by atoms with van der Waals surface area (Å²) in [6.45, 7) is 12.1. The Hall–Kier alpha value is -3.24. The number of rotatable bonds is 17. The monoisotopic (exact) mass is 554 g/mol. The van der Waals surface area contributed by atoms with E-state index in [9.17, 15) is 9.59 Å². The first-order valence-electron chi connectivity index (χ1n) is 13.7. The van der Waals surface area contributed by atoms with Crippen molar-refractivity contribution in [2.24, 2.45) is 0 Å². The molecule has 1 amide bonds. The molecule has 9 heteroatoms. The van der Waals surface area contributed by atoms with Gasteiger partial charge in [-0.15, -0.1) is 0 Å². The predicted molar refractivity (Wildman–Crippen MR) is 153 cm³/mol. The van der Waals surface area contributed by atoms with Crippen LogP contribution in [-0.2, 0) is 28.5 Å². The summed E-state index contributed by atoms with van der Waals surface area (Å²) in [6, 6.07) is 15.9. The first kappa shape index (κ1) is 31.3. The average Bonchev–Trinajstić information content (AvgIpc) is 3.25. The van der Waals surface area contributed by atoms with E-state index < -0.39 is 18.1 Å². The van der Waals surface area contributed by atoms with Crippen LogP contribution in [0.1, 0.15) is 37.8 Å². The van der Waals surface area contributed by atoms with E-state index in [0.29, 0.717) is 26.4 Å². The Bertz CT molecular complexity index is 1050. The van der Waals surface area contributed by atoms with E-state index in [1.165, 1.54) is 6.08 Å². The van der Waals surface area contributed by atoms with Crippen LogP contribution in [0.5, 0.6) is 0 Å². The number of amides is 1. The highest BCUT2D eigenvalue weighted by Gasteiger charge is 2.29. The highest BCUT2D eigenvalue weighted by atomic mass is 16.6. The second-order valence-corrected chi connectivity index (χ2v) is 10.4. The molecule has 0 aliphatic heterocycles. The molecule has 40 heavy (non-hydrogen) atoms. The van der Waals surface area contributed by atoms with E-state index >= 15 is 0 Å². The fraction of sp³-hybridized carbons (Fsp3) is 0.484. The first-order chi connectivity index (χ1) is 19.3. The van der Waals surface area contributed by atoms with E-state index in [-0.39, 0.29) is 44.4 Å². The van der Waals surface area contributed by atoms with Crippen molar-refractivity contribution in [1.82, 2.24) is 10.6 Å². The molecule has 0 fully saturated rings. The van der Waals surface area contributed by atoms with Crippen molar-refractivity contribution in [3.63, 3.8) is 0 Å². The lowest BCUT2D eigenvalue weighted by Gasteiger charge is -2.21. The lowest BCUT2D eigenvalue weighted by Crippen LogP contribution is -2.46. The van der Waals surface area contributed by atoms with Crippen LogP contribution in [0.4, 0.5) is 4.79 Å². The van der Waals surface area contributed by atoms with Gasteiger partial charge in [0.2, 0.25) is 0 Å². The highest BCUT2D eigenvalue weighted by molar-refractivity contribution is 5.79. The third-order valence-corrected chi connectivity index (χ3v) is 6.14. The molecule has 1 atom stereocenters. The highest BCUT2D eigenvalue weighted by Crippen LogP contribution is 2.44. The number of hydrogen-bond acceptors (Lipinski definition) is 8. The van der Waals surface area contributed by atoms with Gasteiger partial charge in [0.1, 0.15) is 13.2 Å². The maximum atomic E-state index is 12.8. The molecule has 2 N–H and O–H groups in total. The van der Waals surface area contributed by atoms with E-state index in [1.54, 1.807) is 0 Å². The molecule has 3 rings (SSSR count). The molecule has 0 radical (unpaired) electrons. The Balaban J connectivity index is 1.47. The van der Waals surface area contributed by atoms with Gasteiger partial charge in [-0.1, -0.05) is 61.2 Å². The van der Waals surface area contributed by atoms with Crippen molar-refractivity contribution < 1.29 is 33.3 Å². The number of hydrogen-bond donors (Lipinski definition) is 2. The summed E-state index contributed by atoms with van der Waals surface area (Å²) in [7, 11) is 0. The lowest BCUT2D eigenvalue weighted by molar-refractivity contribution is -0.141. The minimum atomic E-state index is -0.554. The lowest BCUT2D eigenvalue weighted by atomic mass is 9.98. The molecule has 0 aromatic heterocycles. The molecule has 218 valence electrons. The Labute approximate surface area is 237 Å². The summed E-state index contributed by atoms with van der Waals surface area (Å²) in [5.41, 5.74) is 4.41. The van der Waals surface area contributed by atoms with Gasteiger partial charge in [-0.3, -0.25) is 4.79 Å². The quantitative estimate of drug-likeness (QED) is 0.171. The molecule has 0 unspecified atom stereocenters. The van der Waals surface area contributed by atoms with E-state index in [2.05, 4.69) is 41.5 Å². The summed E-state index contributed by atoms with van der Waals surface area (Å²) < 4.78 is 27.6. The van der Waals surface area contributed by atoms with Crippen LogP contribution in [0.25, 0.3) is 11.1 Å². The first-order valence-corrected chi connectivity index (χ1v) is 13.7. The van der Waals surface area contributed by atoms with E-state index in [1.807, 2.05) is 45.0 Å². The van der Waals surface area contributed by atoms with Gasteiger partial charge < -0.3 is 34.3 Å². The Morgan fingerprint density at radius 2 is 1.55 bits per heavy atom. The largest absolute Gasteiger partial charge is 0.461 e. The molecule has 0 saturated heterocycles. The topological polar surface area (TPSA) is 104 Å². The summed E-state index contributed by atoms with van der Waals surface area (Å²) in [5, 5.41) is 5.85. The average molecular weight is 555 g/mol. The van der Waals surface area contributed by atoms with Crippen LogP contribution in [0.15, 0.2) is 61.2 Å². The Kier molecular flexibility index (Phi) is 12.6. The standard InChI is InChI=1S/C31H42N2O7/c1-5-14-38-29(34)20-32-19-23(21-37-16-15-36-17-18-40-31(2,3)4)33-30(35)39-22-28-26-12-8-6-10-24(26)25-11-7-9-13-27(25)28/h5-13,23,28,32H,1,14-22H2,2-4H3,(H,33,35)/t23-/m1/s1. The minimum absolute atomic E-state index is 0.00635. The van der Waals surface area contributed by atoms with Crippen LogP contribution in [0.3, 0.4) is 0 Å². The zero-order valence-corrected chi connectivity index (χ0v) is 23.8. The summed E-state index contributed by atoms with van der Waals surface area (Å²) in [5.74, 6) is -0.448. The van der Waals surface area contributed by atoms with Crippen molar-refractivity contribution >= 4 is 12.1 Å². The molecule has 2 aromatic carbocycles. The molecular formula is C31H42N2O7. The molecule has 0 bridgehead atoms. The third kappa shape index (κ3) is 10.4. The maximum Gasteiger partial charge on any atom is 0.407 e. The zero-order valence-electron chi connectivity index (χ0n) is 23.8. The third-order valence-electron chi connectivity index (χ3n) is 6.14. The van der Waals surface area contributed by atoms with Gasteiger partial charge in [-0.05, 0) is 43.0 Å². The second-order valence-electron chi connectivity index (χ2n) is 10.4. The number of carbonyl (C=O) groups is 2.